The molecule has 4 amide bonds. The first-order chi connectivity index (χ1) is 15.8. The van der Waals surface area contributed by atoms with Gasteiger partial charge in [0, 0.05) is 17.5 Å². The Kier molecular flexibility index (Phi) is 7.48. The van der Waals surface area contributed by atoms with Gasteiger partial charge in [-0.2, -0.15) is 0 Å². The second kappa shape index (κ2) is 10.3. The predicted octanol–water partition coefficient (Wildman–Crippen LogP) is 3.25. The molecule has 33 heavy (non-hydrogen) atoms. The monoisotopic (exact) mass is 451 g/mol. The maximum atomic E-state index is 13.5. The van der Waals surface area contributed by atoms with Gasteiger partial charge in [-0.05, 0) is 43.5 Å². The van der Waals surface area contributed by atoms with Crippen LogP contribution in [0.2, 0.25) is 0 Å². The molecule has 1 saturated heterocycles. The molecule has 0 aromatic heterocycles. The molecule has 3 rings (SSSR count). The summed E-state index contributed by atoms with van der Waals surface area (Å²) in [6.07, 6.45) is 0.859. The van der Waals surface area contributed by atoms with Gasteiger partial charge in [0.05, 0.1) is 19.2 Å². The van der Waals surface area contributed by atoms with Crippen LogP contribution in [-0.4, -0.2) is 41.8 Å². The number of benzene rings is 2. The highest BCUT2D eigenvalue weighted by Gasteiger charge is 2.46. The Morgan fingerprint density at radius 2 is 1.79 bits per heavy atom. The van der Waals surface area contributed by atoms with Crippen LogP contribution in [0, 0.1) is 12.8 Å². The molecule has 0 saturated carbocycles. The van der Waals surface area contributed by atoms with Crippen molar-refractivity contribution in [2.75, 3.05) is 12.0 Å². The van der Waals surface area contributed by atoms with Crippen LogP contribution in [0.25, 0.3) is 0 Å². The third-order valence-electron chi connectivity index (χ3n) is 5.92. The molecule has 1 heterocycles. The van der Waals surface area contributed by atoms with Gasteiger partial charge in [0.2, 0.25) is 11.8 Å². The first kappa shape index (κ1) is 24.0. The molecule has 0 spiro atoms. The van der Waals surface area contributed by atoms with E-state index in [4.69, 9.17) is 4.74 Å². The normalized spacial score (nSPS) is 15.7. The Hall–Kier alpha value is -3.68. The summed E-state index contributed by atoms with van der Waals surface area (Å²) in [5.74, 6) is -1.81. The Balaban J connectivity index is 1.96. The van der Waals surface area contributed by atoms with Gasteiger partial charge >= 0.3 is 0 Å². The van der Waals surface area contributed by atoms with Crippen molar-refractivity contribution in [3.63, 3.8) is 0 Å². The van der Waals surface area contributed by atoms with Gasteiger partial charge in [0.1, 0.15) is 11.8 Å². The zero-order valence-corrected chi connectivity index (χ0v) is 19.3. The number of hydrogen-bond donors (Lipinski definition) is 1. The van der Waals surface area contributed by atoms with Crippen LogP contribution in [0.4, 0.5) is 5.69 Å². The number of ether oxygens (including phenoxy) is 1. The van der Waals surface area contributed by atoms with Crippen molar-refractivity contribution in [1.82, 2.24) is 10.4 Å². The molecule has 0 radical (unpaired) electrons. The molecular formula is C25H29N3O5. The van der Waals surface area contributed by atoms with Crippen LogP contribution in [0.1, 0.15) is 49.0 Å². The molecule has 0 aliphatic carbocycles. The second-order valence-electron chi connectivity index (χ2n) is 7.97. The fourth-order valence-electron chi connectivity index (χ4n) is 3.91. The topological polar surface area (TPSA) is 96.0 Å². The molecule has 2 aromatic carbocycles. The number of hydrazine groups is 1. The fourth-order valence-corrected chi connectivity index (χ4v) is 3.91. The molecule has 1 aliphatic rings. The molecule has 2 aromatic rings. The van der Waals surface area contributed by atoms with E-state index in [2.05, 4.69) is 5.43 Å². The Bertz CT molecular complexity index is 1050. The zero-order valence-electron chi connectivity index (χ0n) is 19.3. The van der Waals surface area contributed by atoms with Gasteiger partial charge in [-0.3, -0.25) is 24.6 Å². The Morgan fingerprint density at radius 1 is 1.12 bits per heavy atom. The Morgan fingerprint density at radius 3 is 2.39 bits per heavy atom. The highest BCUT2D eigenvalue weighted by Crippen LogP contribution is 2.31. The molecule has 1 fully saturated rings. The van der Waals surface area contributed by atoms with E-state index in [0.29, 0.717) is 35.4 Å². The van der Waals surface area contributed by atoms with Crippen LogP contribution >= 0.6 is 0 Å². The number of amides is 4. The minimum absolute atomic E-state index is 0.226. The maximum absolute atomic E-state index is 13.5. The molecule has 8 nitrogen and oxygen atoms in total. The summed E-state index contributed by atoms with van der Waals surface area (Å²) in [5.41, 5.74) is 4.06. The van der Waals surface area contributed by atoms with E-state index >= 15 is 0 Å². The van der Waals surface area contributed by atoms with E-state index in [-0.39, 0.29) is 12.3 Å². The number of carbonyl (C=O) groups is 4. The number of methoxy groups -OCH3 is 1. The molecule has 8 heteroatoms. The first-order valence-electron chi connectivity index (χ1n) is 11.0. The summed E-state index contributed by atoms with van der Waals surface area (Å²) in [5, 5.41) is 1.06. The van der Waals surface area contributed by atoms with Crippen LogP contribution in [-0.2, 0) is 14.4 Å². The smallest absolute Gasteiger partial charge is 0.269 e. The lowest BCUT2D eigenvalue weighted by Gasteiger charge is -2.30. The van der Waals surface area contributed by atoms with E-state index in [9.17, 15) is 19.2 Å². The molecule has 1 atom stereocenters. The van der Waals surface area contributed by atoms with E-state index < -0.39 is 29.7 Å². The number of aryl methyl sites for hydroxylation is 1. The van der Waals surface area contributed by atoms with Crippen LogP contribution in [0.3, 0.4) is 0 Å². The van der Waals surface area contributed by atoms with Crippen molar-refractivity contribution in [2.45, 2.75) is 46.1 Å². The minimum atomic E-state index is -1.14. The standard InChI is InChI=1S/C25H29N3O5/c1-5-17(6-2)24(31)28(26-23(30)18-10-8-7-9-11-18)21-15-22(29)27(25(21)32)20-14-19(33-4)13-12-16(20)3/h7-14,17,21H,5-6,15H2,1-4H3,(H,26,30). The summed E-state index contributed by atoms with van der Waals surface area (Å²) in [6.45, 7) is 5.53. The molecular weight excluding hydrogens is 422 g/mol. The van der Waals surface area contributed by atoms with Crippen LogP contribution < -0.4 is 15.1 Å². The minimum Gasteiger partial charge on any atom is -0.497 e. The summed E-state index contributed by atoms with van der Waals surface area (Å²) in [7, 11) is 1.50. The SMILES string of the molecule is CCC(CC)C(=O)N(NC(=O)c1ccccc1)C1CC(=O)N(c2cc(OC)ccc2C)C1=O. The maximum Gasteiger partial charge on any atom is 0.269 e. The molecule has 1 N–H and O–H groups in total. The first-order valence-corrected chi connectivity index (χ1v) is 11.0. The van der Waals surface area contributed by atoms with Crippen molar-refractivity contribution >= 4 is 29.3 Å². The average Bonchev–Trinajstić information content (AvgIpc) is 3.12. The van der Waals surface area contributed by atoms with Crippen molar-refractivity contribution < 1.29 is 23.9 Å². The number of imide groups is 1. The quantitative estimate of drug-likeness (QED) is 0.515. The van der Waals surface area contributed by atoms with Gasteiger partial charge in [0.25, 0.3) is 11.8 Å². The van der Waals surface area contributed by atoms with E-state index in [1.54, 1.807) is 55.5 Å². The van der Waals surface area contributed by atoms with E-state index in [1.165, 1.54) is 7.11 Å². The van der Waals surface area contributed by atoms with Gasteiger partial charge in [-0.1, -0.05) is 38.1 Å². The van der Waals surface area contributed by atoms with Crippen molar-refractivity contribution in [1.29, 1.82) is 0 Å². The van der Waals surface area contributed by atoms with E-state index in [1.807, 2.05) is 13.8 Å². The summed E-state index contributed by atoms with van der Waals surface area (Å²) >= 11 is 0. The zero-order chi connectivity index (χ0) is 24.1. The molecule has 1 unspecified atom stereocenters. The van der Waals surface area contributed by atoms with Gasteiger partial charge in [0.15, 0.2) is 0 Å². The second-order valence-corrected chi connectivity index (χ2v) is 7.97. The number of nitrogens with zero attached hydrogens (tertiary/aromatic N) is 2. The largest absolute Gasteiger partial charge is 0.497 e. The highest BCUT2D eigenvalue weighted by molar-refractivity contribution is 6.23. The predicted molar refractivity (Wildman–Crippen MR) is 123 cm³/mol. The third-order valence-corrected chi connectivity index (χ3v) is 5.92. The van der Waals surface area contributed by atoms with E-state index in [0.717, 1.165) is 9.91 Å². The van der Waals surface area contributed by atoms with Gasteiger partial charge in [-0.25, -0.2) is 9.91 Å². The number of rotatable bonds is 7. The molecule has 174 valence electrons. The van der Waals surface area contributed by atoms with Crippen molar-refractivity contribution in [3.05, 3.63) is 59.7 Å². The third kappa shape index (κ3) is 4.89. The van der Waals surface area contributed by atoms with Crippen LogP contribution in [0.15, 0.2) is 48.5 Å². The number of anilines is 1. The lowest BCUT2D eigenvalue weighted by molar-refractivity contribution is -0.145. The Labute approximate surface area is 193 Å². The van der Waals surface area contributed by atoms with Crippen molar-refractivity contribution in [3.8, 4) is 5.75 Å². The van der Waals surface area contributed by atoms with Gasteiger partial charge < -0.3 is 4.74 Å². The molecule has 0 bridgehead atoms. The van der Waals surface area contributed by atoms with Crippen LogP contribution in [0.5, 0.6) is 5.75 Å². The summed E-state index contributed by atoms with van der Waals surface area (Å²) < 4.78 is 5.24. The highest BCUT2D eigenvalue weighted by atomic mass is 16.5. The molecule has 1 aliphatic heterocycles. The number of hydrogen-bond acceptors (Lipinski definition) is 5. The lowest BCUT2D eigenvalue weighted by Crippen LogP contribution is -2.56. The summed E-state index contributed by atoms with van der Waals surface area (Å²) in [6, 6.07) is 12.4. The average molecular weight is 452 g/mol. The fraction of sp³-hybridized carbons (Fsp3) is 0.360. The van der Waals surface area contributed by atoms with Crippen molar-refractivity contribution in [2.24, 2.45) is 5.92 Å². The number of nitrogens with one attached hydrogen (secondary N) is 1. The van der Waals surface area contributed by atoms with Gasteiger partial charge in [-0.15, -0.1) is 0 Å². The number of carbonyl (C=O) groups excluding carboxylic acids is 4. The summed E-state index contributed by atoms with van der Waals surface area (Å²) in [4.78, 5) is 53.7. The lowest BCUT2D eigenvalue weighted by atomic mass is 10.0.